The van der Waals surface area contributed by atoms with Crippen LogP contribution < -0.4 is 14.8 Å². The van der Waals surface area contributed by atoms with Crippen molar-refractivity contribution < 1.29 is 14.3 Å². The molecule has 2 aromatic rings. The van der Waals surface area contributed by atoms with Gasteiger partial charge in [-0.3, -0.25) is 4.79 Å². The highest BCUT2D eigenvalue weighted by atomic mass is 35.5. The maximum atomic E-state index is 12.5. The van der Waals surface area contributed by atoms with E-state index >= 15 is 0 Å². The molecule has 1 amide bonds. The molecular weight excluding hydrogens is 368 g/mol. The van der Waals surface area contributed by atoms with E-state index in [1.807, 2.05) is 4.90 Å². The predicted molar refractivity (Wildman–Crippen MR) is 104 cm³/mol. The minimum Gasteiger partial charge on any atom is -0.495 e. The van der Waals surface area contributed by atoms with Crippen LogP contribution in [0.3, 0.4) is 0 Å². The summed E-state index contributed by atoms with van der Waals surface area (Å²) < 4.78 is 10.6. The first kappa shape index (κ1) is 19.2. The highest BCUT2D eigenvalue weighted by Gasteiger charge is 2.22. The molecular formula is C19H23ClN4O3. The Morgan fingerprint density at radius 2 is 1.85 bits per heavy atom. The van der Waals surface area contributed by atoms with Gasteiger partial charge >= 0.3 is 0 Å². The van der Waals surface area contributed by atoms with Crippen LogP contribution in [-0.4, -0.2) is 48.1 Å². The second-order valence-electron chi connectivity index (χ2n) is 6.57. The van der Waals surface area contributed by atoms with Gasteiger partial charge in [0.05, 0.1) is 37.3 Å². The van der Waals surface area contributed by atoms with Crippen molar-refractivity contribution in [3.63, 3.8) is 0 Å². The van der Waals surface area contributed by atoms with Gasteiger partial charge in [-0.05, 0) is 18.8 Å². The number of aromatic nitrogens is 2. The first-order valence-corrected chi connectivity index (χ1v) is 9.19. The molecule has 3 rings (SSSR count). The van der Waals surface area contributed by atoms with Gasteiger partial charge in [0.1, 0.15) is 23.0 Å². The van der Waals surface area contributed by atoms with Gasteiger partial charge in [0.25, 0.3) is 5.91 Å². The Balaban J connectivity index is 1.73. The molecule has 1 saturated heterocycles. The van der Waals surface area contributed by atoms with E-state index in [1.165, 1.54) is 12.4 Å². The molecule has 0 spiro atoms. The lowest BCUT2D eigenvalue weighted by Gasteiger charge is -2.29. The molecule has 1 aromatic carbocycles. The van der Waals surface area contributed by atoms with Crippen LogP contribution in [0.25, 0.3) is 0 Å². The molecule has 144 valence electrons. The van der Waals surface area contributed by atoms with Crippen LogP contribution in [-0.2, 0) is 0 Å². The zero-order valence-electron chi connectivity index (χ0n) is 15.7. The van der Waals surface area contributed by atoms with Crippen LogP contribution in [0.2, 0.25) is 5.02 Å². The third kappa shape index (κ3) is 4.42. The summed E-state index contributed by atoms with van der Waals surface area (Å²) in [5, 5.41) is 3.56. The highest BCUT2D eigenvalue weighted by molar-refractivity contribution is 6.32. The molecule has 0 unspecified atom stereocenters. The van der Waals surface area contributed by atoms with Crippen LogP contribution in [0, 0.1) is 5.92 Å². The third-order valence-electron chi connectivity index (χ3n) is 4.68. The highest BCUT2D eigenvalue weighted by Crippen LogP contribution is 2.36. The molecule has 1 fully saturated rings. The van der Waals surface area contributed by atoms with Crippen molar-refractivity contribution in [2.75, 3.05) is 32.6 Å². The fourth-order valence-corrected chi connectivity index (χ4v) is 3.20. The van der Waals surface area contributed by atoms with Crippen molar-refractivity contribution >= 4 is 29.0 Å². The van der Waals surface area contributed by atoms with Crippen LogP contribution in [0.15, 0.2) is 24.5 Å². The number of carbonyl (C=O) groups is 1. The summed E-state index contributed by atoms with van der Waals surface area (Å²) in [6.07, 6.45) is 5.07. The predicted octanol–water partition coefficient (Wildman–Crippen LogP) is 3.76. The Kier molecular flexibility index (Phi) is 6.01. The van der Waals surface area contributed by atoms with Gasteiger partial charge in [-0.25, -0.2) is 9.97 Å². The Labute approximate surface area is 163 Å². The molecule has 1 N–H and O–H groups in total. The summed E-state index contributed by atoms with van der Waals surface area (Å²) in [7, 11) is 3.09. The van der Waals surface area contributed by atoms with Crippen LogP contribution in [0.4, 0.5) is 11.5 Å². The molecule has 8 heteroatoms. The largest absolute Gasteiger partial charge is 0.495 e. The number of amides is 1. The summed E-state index contributed by atoms with van der Waals surface area (Å²) in [5.74, 6) is 2.13. The van der Waals surface area contributed by atoms with Crippen LogP contribution in [0.1, 0.15) is 30.3 Å². The summed E-state index contributed by atoms with van der Waals surface area (Å²) in [4.78, 5) is 23.0. The summed E-state index contributed by atoms with van der Waals surface area (Å²) >= 11 is 6.12. The van der Waals surface area contributed by atoms with Gasteiger partial charge in [-0.1, -0.05) is 18.5 Å². The molecule has 0 bridgehead atoms. The molecule has 27 heavy (non-hydrogen) atoms. The lowest BCUT2D eigenvalue weighted by molar-refractivity contribution is 0.0691. The number of benzene rings is 1. The summed E-state index contributed by atoms with van der Waals surface area (Å²) in [6, 6.07) is 3.38. The molecule has 7 nitrogen and oxygen atoms in total. The number of methoxy groups -OCH3 is 2. The maximum absolute atomic E-state index is 12.5. The van der Waals surface area contributed by atoms with E-state index in [2.05, 4.69) is 22.2 Å². The Hall–Kier alpha value is -2.54. The average Bonchev–Trinajstić information content (AvgIpc) is 2.69. The Bertz CT molecular complexity index is 805. The fraction of sp³-hybridized carbons (Fsp3) is 0.421. The first-order valence-electron chi connectivity index (χ1n) is 8.81. The minimum absolute atomic E-state index is 0.0771. The second kappa shape index (κ2) is 8.43. The number of carbonyl (C=O) groups excluding carboxylic acids is 1. The molecule has 1 aliphatic heterocycles. The van der Waals surface area contributed by atoms with Gasteiger partial charge in [0.15, 0.2) is 0 Å². The summed E-state index contributed by atoms with van der Waals surface area (Å²) in [5.41, 5.74) is 0.980. The number of hydrogen-bond donors (Lipinski definition) is 1. The number of hydrogen-bond acceptors (Lipinski definition) is 6. The molecule has 2 heterocycles. The third-order valence-corrected chi connectivity index (χ3v) is 4.97. The lowest BCUT2D eigenvalue weighted by Crippen LogP contribution is -2.38. The number of nitrogens with zero attached hydrogens (tertiary/aromatic N) is 3. The number of piperidine rings is 1. The SMILES string of the molecule is COc1cc(Nc2cnc(C(=O)N3CCC(C)CC3)cn2)c(OC)cc1Cl. The van der Waals surface area contributed by atoms with Crippen molar-refractivity contribution in [3.05, 3.63) is 35.2 Å². The normalized spacial score (nSPS) is 14.7. The number of nitrogens with one attached hydrogen (secondary N) is 1. The molecule has 1 aliphatic rings. The standard InChI is InChI=1S/C19H23ClN4O3/c1-12-4-6-24(7-5-12)19(25)15-10-22-18(11-21-15)23-14-9-16(26-2)13(20)8-17(14)27-3/h8-12H,4-7H2,1-3H3,(H,22,23). The first-order chi connectivity index (χ1) is 13.0. The van der Waals surface area contributed by atoms with Crippen molar-refractivity contribution in [3.8, 4) is 11.5 Å². The zero-order chi connectivity index (χ0) is 19.4. The monoisotopic (exact) mass is 390 g/mol. The number of rotatable bonds is 5. The molecule has 1 aromatic heterocycles. The van der Waals surface area contributed by atoms with E-state index in [-0.39, 0.29) is 5.91 Å². The summed E-state index contributed by atoms with van der Waals surface area (Å²) in [6.45, 7) is 3.75. The number of anilines is 2. The van der Waals surface area contributed by atoms with Crippen molar-refractivity contribution in [2.45, 2.75) is 19.8 Å². The van der Waals surface area contributed by atoms with Gasteiger partial charge in [0.2, 0.25) is 0 Å². The Morgan fingerprint density at radius 3 is 2.44 bits per heavy atom. The van der Waals surface area contributed by atoms with Gasteiger partial charge in [-0.2, -0.15) is 0 Å². The maximum Gasteiger partial charge on any atom is 0.274 e. The van der Waals surface area contributed by atoms with Crippen molar-refractivity contribution in [1.82, 2.24) is 14.9 Å². The second-order valence-corrected chi connectivity index (χ2v) is 6.98. The van der Waals surface area contributed by atoms with E-state index in [4.69, 9.17) is 21.1 Å². The fourth-order valence-electron chi connectivity index (χ4n) is 2.97. The quantitative estimate of drug-likeness (QED) is 0.837. The minimum atomic E-state index is -0.0771. The number of ether oxygens (including phenoxy) is 2. The van der Waals surface area contributed by atoms with Gasteiger partial charge < -0.3 is 19.7 Å². The molecule has 0 aliphatic carbocycles. The van der Waals surface area contributed by atoms with Crippen LogP contribution >= 0.6 is 11.6 Å². The molecule has 0 atom stereocenters. The van der Waals surface area contributed by atoms with Gasteiger partial charge in [0, 0.05) is 25.2 Å². The topological polar surface area (TPSA) is 76.6 Å². The van der Waals surface area contributed by atoms with E-state index in [9.17, 15) is 4.79 Å². The lowest BCUT2D eigenvalue weighted by atomic mass is 9.99. The van der Waals surface area contributed by atoms with E-state index in [1.54, 1.807) is 26.4 Å². The van der Waals surface area contributed by atoms with Crippen molar-refractivity contribution in [1.29, 1.82) is 0 Å². The van der Waals surface area contributed by atoms with Crippen LogP contribution in [0.5, 0.6) is 11.5 Å². The zero-order valence-corrected chi connectivity index (χ0v) is 16.4. The van der Waals surface area contributed by atoms with E-state index in [0.717, 1.165) is 25.9 Å². The number of likely N-dealkylation sites (tertiary alicyclic amines) is 1. The Morgan fingerprint density at radius 1 is 1.15 bits per heavy atom. The average molecular weight is 391 g/mol. The molecule has 0 saturated carbocycles. The number of halogens is 1. The van der Waals surface area contributed by atoms with E-state index < -0.39 is 0 Å². The van der Waals surface area contributed by atoms with E-state index in [0.29, 0.717) is 39.6 Å². The van der Waals surface area contributed by atoms with Crippen molar-refractivity contribution in [2.24, 2.45) is 5.92 Å². The van der Waals surface area contributed by atoms with Gasteiger partial charge in [-0.15, -0.1) is 0 Å². The molecule has 0 radical (unpaired) electrons. The smallest absolute Gasteiger partial charge is 0.274 e.